The van der Waals surface area contributed by atoms with E-state index in [1.165, 1.54) is 24.2 Å². The average Bonchev–Trinajstić information content (AvgIpc) is 3.04. The van der Waals surface area contributed by atoms with Crippen LogP contribution in [0.5, 0.6) is 0 Å². The van der Waals surface area contributed by atoms with Crippen molar-refractivity contribution in [1.29, 1.82) is 0 Å². The fourth-order valence-electron chi connectivity index (χ4n) is 3.14. The van der Waals surface area contributed by atoms with Crippen LogP contribution in [-0.4, -0.2) is 24.0 Å². The number of hydrogen-bond donors (Lipinski definition) is 2. The number of nitrogens with one attached hydrogen (secondary N) is 2. The zero-order chi connectivity index (χ0) is 16.1. The standard InChI is InChI=1S/C18H23N3OS.ClH/c1-13(15-8-5-9-19-11-15)10-16(22)21-18-17(20-12-23-18)14-6-3-2-4-7-14;/h2-4,6-7,12-13,15,19H,5,8-11H2,1H3,(H,21,22);1H. The van der Waals surface area contributed by atoms with Crippen molar-refractivity contribution in [2.75, 3.05) is 18.4 Å². The van der Waals surface area contributed by atoms with Gasteiger partial charge in [-0.25, -0.2) is 4.98 Å². The second-order valence-electron chi connectivity index (χ2n) is 6.23. The maximum absolute atomic E-state index is 12.4. The summed E-state index contributed by atoms with van der Waals surface area (Å²) in [4.78, 5) is 16.8. The number of aromatic nitrogens is 1. The van der Waals surface area contributed by atoms with Gasteiger partial charge < -0.3 is 10.6 Å². The van der Waals surface area contributed by atoms with Crippen LogP contribution in [0.25, 0.3) is 11.3 Å². The van der Waals surface area contributed by atoms with Crippen LogP contribution in [-0.2, 0) is 4.79 Å². The van der Waals surface area contributed by atoms with Crippen molar-refractivity contribution in [3.8, 4) is 11.3 Å². The Hall–Kier alpha value is -1.43. The highest BCUT2D eigenvalue weighted by molar-refractivity contribution is 7.14. The fourth-order valence-corrected chi connectivity index (χ4v) is 3.86. The van der Waals surface area contributed by atoms with Gasteiger partial charge >= 0.3 is 0 Å². The maximum atomic E-state index is 12.4. The highest BCUT2D eigenvalue weighted by Gasteiger charge is 2.22. The van der Waals surface area contributed by atoms with Crippen molar-refractivity contribution in [2.24, 2.45) is 11.8 Å². The molecule has 2 aromatic rings. The van der Waals surface area contributed by atoms with E-state index in [1.54, 1.807) is 5.51 Å². The van der Waals surface area contributed by atoms with E-state index >= 15 is 0 Å². The molecule has 4 nitrogen and oxygen atoms in total. The van der Waals surface area contributed by atoms with E-state index in [1.807, 2.05) is 30.3 Å². The Morgan fingerprint density at radius 3 is 2.92 bits per heavy atom. The third kappa shape index (κ3) is 4.79. The summed E-state index contributed by atoms with van der Waals surface area (Å²) in [5.74, 6) is 1.09. The van der Waals surface area contributed by atoms with Crippen molar-refractivity contribution < 1.29 is 4.79 Å². The number of carbonyl (C=O) groups excluding carboxylic acids is 1. The van der Waals surface area contributed by atoms with Crippen molar-refractivity contribution in [2.45, 2.75) is 26.2 Å². The number of rotatable bonds is 5. The molecule has 0 saturated carbocycles. The first kappa shape index (κ1) is 18.9. The van der Waals surface area contributed by atoms with Crippen molar-refractivity contribution in [3.63, 3.8) is 0 Å². The summed E-state index contributed by atoms with van der Waals surface area (Å²) in [6.07, 6.45) is 3.00. The van der Waals surface area contributed by atoms with Crippen molar-refractivity contribution in [3.05, 3.63) is 35.8 Å². The Morgan fingerprint density at radius 2 is 2.21 bits per heavy atom. The van der Waals surface area contributed by atoms with Crippen LogP contribution in [0.15, 0.2) is 35.8 Å². The van der Waals surface area contributed by atoms with Gasteiger partial charge in [-0.1, -0.05) is 37.3 Å². The lowest BCUT2D eigenvalue weighted by molar-refractivity contribution is -0.117. The molecule has 1 fully saturated rings. The molecule has 1 saturated heterocycles. The van der Waals surface area contributed by atoms with E-state index < -0.39 is 0 Å². The summed E-state index contributed by atoms with van der Waals surface area (Å²) in [6, 6.07) is 9.98. The molecule has 1 aromatic heterocycles. The number of carbonyl (C=O) groups is 1. The minimum absolute atomic E-state index is 0. The number of benzene rings is 1. The average molecular weight is 366 g/mol. The molecule has 2 unspecified atom stereocenters. The van der Waals surface area contributed by atoms with Crippen LogP contribution in [0.3, 0.4) is 0 Å². The van der Waals surface area contributed by atoms with Gasteiger partial charge in [-0.15, -0.1) is 23.7 Å². The smallest absolute Gasteiger partial charge is 0.225 e. The number of piperidine rings is 1. The maximum Gasteiger partial charge on any atom is 0.225 e. The van der Waals surface area contributed by atoms with E-state index in [0.29, 0.717) is 18.3 Å². The molecule has 6 heteroatoms. The molecule has 1 amide bonds. The second kappa shape index (κ2) is 9.16. The molecule has 0 bridgehead atoms. The Morgan fingerprint density at radius 1 is 1.42 bits per heavy atom. The minimum atomic E-state index is 0. The number of amides is 1. The van der Waals surface area contributed by atoms with E-state index in [4.69, 9.17) is 0 Å². The quantitative estimate of drug-likeness (QED) is 0.835. The van der Waals surface area contributed by atoms with Gasteiger partial charge in [-0.3, -0.25) is 4.79 Å². The number of hydrogen-bond acceptors (Lipinski definition) is 4. The summed E-state index contributed by atoms with van der Waals surface area (Å²) in [5.41, 5.74) is 3.68. The van der Waals surface area contributed by atoms with Gasteiger partial charge in [0.1, 0.15) is 10.7 Å². The van der Waals surface area contributed by atoms with Crippen LogP contribution < -0.4 is 10.6 Å². The summed E-state index contributed by atoms with van der Waals surface area (Å²) in [6.45, 7) is 4.32. The van der Waals surface area contributed by atoms with Crippen LogP contribution in [0.4, 0.5) is 5.00 Å². The Bertz CT molecular complexity index is 641. The topological polar surface area (TPSA) is 54.0 Å². The molecule has 0 aliphatic carbocycles. The largest absolute Gasteiger partial charge is 0.316 e. The molecular weight excluding hydrogens is 342 g/mol. The molecule has 3 rings (SSSR count). The molecule has 0 radical (unpaired) electrons. The van der Waals surface area contributed by atoms with E-state index in [9.17, 15) is 4.79 Å². The van der Waals surface area contributed by atoms with Gasteiger partial charge in [0.05, 0.1) is 5.51 Å². The second-order valence-corrected chi connectivity index (χ2v) is 7.09. The van der Waals surface area contributed by atoms with Crippen molar-refractivity contribution >= 4 is 34.7 Å². The minimum Gasteiger partial charge on any atom is -0.316 e. The Labute approximate surface area is 153 Å². The molecule has 2 N–H and O–H groups in total. The molecular formula is C18H24ClN3OS. The predicted octanol–water partition coefficient (Wildman–Crippen LogP) is 4.20. The summed E-state index contributed by atoms with van der Waals surface area (Å²) in [5, 5.41) is 7.32. The van der Waals surface area contributed by atoms with E-state index in [0.717, 1.165) is 29.3 Å². The summed E-state index contributed by atoms with van der Waals surface area (Å²) >= 11 is 1.48. The lowest BCUT2D eigenvalue weighted by Gasteiger charge is -2.27. The number of anilines is 1. The van der Waals surface area contributed by atoms with Crippen LogP contribution in [0, 0.1) is 11.8 Å². The third-order valence-electron chi connectivity index (χ3n) is 4.51. The zero-order valence-corrected chi connectivity index (χ0v) is 15.5. The molecule has 1 aliphatic rings. The van der Waals surface area contributed by atoms with Crippen LogP contribution in [0.2, 0.25) is 0 Å². The normalized spacial score (nSPS) is 18.5. The SMILES string of the molecule is CC(CC(=O)Nc1scnc1-c1ccccc1)C1CCCNC1.Cl. The van der Waals surface area contributed by atoms with Crippen molar-refractivity contribution in [1.82, 2.24) is 10.3 Å². The molecule has 24 heavy (non-hydrogen) atoms. The first-order valence-corrected chi connectivity index (χ1v) is 9.11. The van der Waals surface area contributed by atoms with E-state index in [-0.39, 0.29) is 18.3 Å². The van der Waals surface area contributed by atoms with Crippen LogP contribution >= 0.6 is 23.7 Å². The number of halogens is 1. The Kier molecular flexibility index (Phi) is 7.21. The molecule has 130 valence electrons. The fraction of sp³-hybridized carbons (Fsp3) is 0.444. The van der Waals surface area contributed by atoms with Crippen LogP contribution in [0.1, 0.15) is 26.2 Å². The molecule has 1 aromatic carbocycles. The Balaban J connectivity index is 0.00000208. The number of nitrogens with zero attached hydrogens (tertiary/aromatic N) is 1. The zero-order valence-electron chi connectivity index (χ0n) is 13.8. The van der Waals surface area contributed by atoms with Gasteiger partial charge in [0.2, 0.25) is 5.91 Å². The molecule has 0 spiro atoms. The highest BCUT2D eigenvalue weighted by atomic mass is 35.5. The van der Waals surface area contributed by atoms with Gasteiger partial charge in [-0.05, 0) is 37.8 Å². The predicted molar refractivity (Wildman–Crippen MR) is 103 cm³/mol. The van der Waals surface area contributed by atoms with Gasteiger partial charge in [0.25, 0.3) is 0 Å². The lowest BCUT2D eigenvalue weighted by atomic mass is 9.85. The van der Waals surface area contributed by atoms with Gasteiger partial charge in [0.15, 0.2) is 0 Å². The lowest BCUT2D eigenvalue weighted by Crippen LogP contribution is -2.34. The molecule has 2 heterocycles. The molecule has 1 aliphatic heterocycles. The third-order valence-corrected chi connectivity index (χ3v) is 5.26. The first-order valence-electron chi connectivity index (χ1n) is 8.23. The summed E-state index contributed by atoms with van der Waals surface area (Å²) < 4.78 is 0. The number of thiazole rings is 1. The molecule has 2 atom stereocenters. The first-order chi connectivity index (χ1) is 11.2. The van der Waals surface area contributed by atoms with Gasteiger partial charge in [0, 0.05) is 12.0 Å². The van der Waals surface area contributed by atoms with Gasteiger partial charge in [-0.2, -0.15) is 0 Å². The highest BCUT2D eigenvalue weighted by Crippen LogP contribution is 2.31. The van der Waals surface area contributed by atoms with E-state index in [2.05, 4.69) is 22.5 Å². The monoisotopic (exact) mass is 365 g/mol. The summed E-state index contributed by atoms with van der Waals surface area (Å²) in [7, 11) is 0.